The van der Waals surface area contributed by atoms with Crippen molar-refractivity contribution in [2.45, 2.75) is 65.5 Å². The van der Waals surface area contributed by atoms with Gasteiger partial charge in [-0.15, -0.1) is 0 Å². The number of hydrogen-bond donors (Lipinski definition) is 1. The molecule has 0 amide bonds. The summed E-state index contributed by atoms with van der Waals surface area (Å²) in [7, 11) is 0. The monoisotopic (exact) mass is 195 g/mol. The fourth-order valence-electron chi connectivity index (χ4n) is 2.69. The molecule has 0 aromatic heterocycles. The van der Waals surface area contributed by atoms with Crippen LogP contribution in [-0.4, -0.2) is 12.1 Å². The van der Waals surface area contributed by atoms with E-state index in [1.807, 2.05) is 0 Å². The molecule has 0 radical (unpaired) electrons. The molecule has 82 valence electrons. The Morgan fingerprint density at radius 1 is 1.21 bits per heavy atom. The third-order valence-corrected chi connectivity index (χ3v) is 4.35. The summed E-state index contributed by atoms with van der Waals surface area (Å²) in [5.74, 6) is 2.13. The molecule has 0 spiro atoms. The van der Waals surface area contributed by atoms with Crippen LogP contribution in [0.5, 0.6) is 0 Å². The molecule has 4 atom stereocenters. The van der Waals surface area contributed by atoms with Crippen LogP contribution in [0.1, 0.15) is 53.4 Å². The van der Waals surface area contributed by atoms with Crippen LogP contribution < -0.4 is 5.32 Å². The van der Waals surface area contributed by atoms with Gasteiger partial charge < -0.3 is 5.32 Å². The van der Waals surface area contributed by atoms with Crippen LogP contribution in [0, 0.1) is 17.3 Å². The molecular formula is C13H25N. The summed E-state index contributed by atoms with van der Waals surface area (Å²) in [6, 6.07) is 1.48. The Hall–Kier alpha value is -0.0400. The number of nitrogens with one attached hydrogen (secondary N) is 1. The predicted octanol–water partition coefficient (Wildman–Crippen LogP) is 3.20. The molecule has 1 heteroatoms. The summed E-state index contributed by atoms with van der Waals surface area (Å²) >= 11 is 0. The molecule has 0 aromatic rings. The molecule has 2 saturated carbocycles. The Morgan fingerprint density at radius 2 is 1.93 bits per heavy atom. The largest absolute Gasteiger partial charge is 0.311 e. The van der Waals surface area contributed by atoms with E-state index in [2.05, 4.69) is 33.0 Å². The van der Waals surface area contributed by atoms with Crippen molar-refractivity contribution in [1.29, 1.82) is 0 Å². The highest BCUT2D eigenvalue weighted by molar-refractivity contribution is 4.99. The summed E-state index contributed by atoms with van der Waals surface area (Å²) in [6.45, 7) is 9.33. The minimum atomic E-state index is 0.405. The maximum absolute atomic E-state index is 3.85. The molecule has 2 fully saturated rings. The second-order valence-corrected chi connectivity index (χ2v) is 6.45. The summed E-state index contributed by atoms with van der Waals surface area (Å²) in [5, 5.41) is 3.85. The van der Waals surface area contributed by atoms with Gasteiger partial charge in [0.2, 0.25) is 0 Å². The van der Waals surface area contributed by atoms with Gasteiger partial charge in [0.05, 0.1) is 0 Å². The average Bonchev–Trinajstić information content (AvgIpc) is 2.81. The van der Waals surface area contributed by atoms with Crippen molar-refractivity contribution in [3.8, 4) is 0 Å². The van der Waals surface area contributed by atoms with Crippen LogP contribution in [0.4, 0.5) is 0 Å². The first-order valence-electron chi connectivity index (χ1n) is 6.24. The highest BCUT2D eigenvalue weighted by atomic mass is 15.0. The molecule has 2 aliphatic rings. The molecule has 2 unspecified atom stereocenters. The minimum Gasteiger partial charge on any atom is -0.311 e. The number of hydrogen-bond acceptors (Lipinski definition) is 1. The van der Waals surface area contributed by atoms with Crippen molar-refractivity contribution >= 4 is 0 Å². The van der Waals surface area contributed by atoms with Crippen molar-refractivity contribution in [2.24, 2.45) is 17.3 Å². The van der Waals surface area contributed by atoms with Gasteiger partial charge in [-0.25, -0.2) is 0 Å². The first-order valence-corrected chi connectivity index (χ1v) is 6.24. The minimum absolute atomic E-state index is 0.405. The molecule has 2 rings (SSSR count). The van der Waals surface area contributed by atoms with E-state index in [0.29, 0.717) is 11.5 Å². The maximum atomic E-state index is 3.85. The van der Waals surface area contributed by atoms with Crippen LogP contribution in [-0.2, 0) is 0 Å². The lowest BCUT2D eigenvalue weighted by atomic mass is 9.86. The zero-order valence-electron chi connectivity index (χ0n) is 10.1. The summed E-state index contributed by atoms with van der Waals surface area (Å²) < 4.78 is 0. The number of fused-ring (bicyclic) bond motifs is 1. The molecule has 1 nitrogen and oxygen atoms in total. The quantitative estimate of drug-likeness (QED) is 0.713. The SMILES string of the molecule is CC(NC1CCC[C@H]2C[C@@H]12)C(C)(C)C. The lowest BCUT2D eigenvalue weighted by Crippen LogP contribution is -2.45. The first-order chi connectivity index (χ1) is 6.48. The van der Waals surface area contributed by atoms with Crippen molar-refractivity contribution in [1.82, 2.24) is 5.32 Å². The van der Waals surface area contributed by atoms with E-state index < -0.39 is 0 Å². The van der Waals surface area contributed by atoms with Gasteiger partial charge in [-0.3, -0.25) is 0 Å². The smallest absolute Gasteiger partial charge is 0.0101 e. The highest BCUT2D eigenvalue weighted by Gasteiger charge is 2.45. The van der Waals surface area contributed by atoms with Crippen LogP contribution >= 0.6 is 0 Å². The number of rotatable bonds is 2. The van der Waals surface area contributed by atoms with Crippen molar-refractivity contribution in [3.63, 3.8) is 0 Å². The molecule has 0 saturated heterocycles. The molecule has 14 heavy (non-hydrogen) atoms. The van der Waals surface area contributed by atoms with Crippen molar-refractivity contribution < 1.29 is 0 Å². The molecule has 0 heterocycles. The molecule has 1 N–H and O–H groups in total. The van der Waals surface area contributed by atoms with Crippen molar-refractivity contribution in [2.75, 3.05) is 0 Å². The topological polar surface area (TPSA) is 12.0 Å². The van der Waals surface area contributed by atoms with E-state index in [9.17, 15) is 0 Å². The zero-order chi connectivity index (χ0) is 10.3. The molecule has 0 bridgehead atoms. The van der Waals surface area contributed by atoms with Crippen LogP contribution in [0.25, 0.3) is 0 Å². The highest BCUT2D eigenvalue weighted by Crippen LogP contribution is 2.49. The van der Waals surface area contributed by atoms with Gasteiger partial charge >= 0.3 is 0 Å². The van der Waals surface area contributed by atoms with Gasteiger partial charge in [-0.2, -0.15) is 0 Å². The fraction of sp³-hybridized carbons (Fsp3) is 1.00. The van der Waals surface area contributed by atoms with E-state index >= 15 is 0 Å². The molecular weight excluding hydrogens is 170 g/mol. The van der Waals surface area contributed by atoms with Gasteiger partial charge in [0.1, 0.15) is 0 Å². The standard InChI is InChI=1S/C13H25N/c1-9(13(2,3)4)14-12-7-5-6-10-8-11(10)12/h9-12,14H,5-8H2,1-4H3/t9?,10-,11+,12?/m0/s1. The Balaban J connectivity index is 1.85. The normalized spacial score (nSPS) is 39.0. The van der Waals surface area contributed by atoms with E-state index in [4.69, 9.17) is 0 Å². The third kappa shape index (κ3) is 2.13. The second-order valence-electron chi connectivity index (χ2n) is 6.45. The summed E-state index contributed by atoms with van der Waals surface area (Å²) in [5.41, 5.74) is 0.405. The van der Waals surface area contributed by atoms with Gasteiger partial charge in [0.15, 0.2) is 0 Å². The van der Waals surface area contributed by atoms with Gasteiger partial charge in [-0.1, -0.05) is 33.6 Å². The van der Waals surface area contributed by atoms with Crippen LogP contribution in [0.3, 0.4) is 0 Å². The van der Waals surface area contributed by atoms with Crippen molar-refractivity contribution in [3.05, 3.63) is 0 Å². The Labute approximate surface area is 88.7 Å². The lowest BCUT2D eigenvalue weighted by Gasteiger charge is -2.34. The maximum Gasteiger partial charge on any atom is 0.0101 e. The van der Waals surface area contributed by atoms with Gasteiger partial charge in [-0.05, 0) is 37.0 Å². The summed E-state index contributed by atoms with van der Waals surface area (Å²) in [4.78, 5) is 0. The Morgan fingerprint density at radius 3 is 2.57 bits per heavy atom. The average molecular weight is 195 g/mol. The van der Waals surface area contributed by atoms with E-state index in [0.717, 1.165) is 17.9 Å². The van der Waals surface area contributed by atoms with Gasteiger partial charge in [0.25, 0.3) is 0 Å². The van der Waals surface area contributed by atoms with E-state index in [-0.39, 0.29) is 0 Å². The fourth-order valence-corrected chi connectivity index (χ4v) is 2.69. The predicted molar refractivity (Wildman–Crippen MR) is 61.3 cm³/mol. The Bertz CT molecular complexity index is 204. The van der Waals surface area contributed by atoms with Crippen LogP contribution in [0.15, 0.2) is 0 Å². The second kappa shape index (κ2) is 3.52. The molecule has 0 aliphatic heterocycles. The van der Waals surface area contributed by atoms with Gasteiger partial charge in [0, 0.05) is 12.1 Å². The zero-order valence-corrected chi connectivity index (χ0v) is 10.1. The molecule has 0 aromatic carbocycles. The van der Waals surface area contributed by atoms with E-state index in [1.54, 1.807) is 0 Å². The Kier molecular flexibility index (Phi) is 2.63. The van der Waals surface area contributed by atoms with E-state index in [1.165, 1.54) is 25.7 Å². The summed E-state index contributed by atoms with van der Waals surface area (Å²) in [6.07, 6.45) is 5.89. The third-order valence-electron chi connectivity index (χ3n) is 4.35. The lowest BCUT2D eigenvalue weighted by molar-refractivity contribution is 0.231. The van der Waals surface area contributed by atoms with Crippen LogP contribution in [0.2, 0.25) is 0 Å². The molecule has 2 aliphatic carbocycles. The first kappa shape index (κ1) is 10.5.